The van der Waals surface area contributed by atoms with Crippen LogP contribution in [-0.2, 0) is 16.4 Å². The van der Waals surface area contributed by atoms with Crippen molar-refractivity contribution in [1.82, 2.24) is 9.88 Å². The Balaban J connectivity index is 2.39. The van der Waals surface area contributed by atoms with Crippen LogP contribution in [0.25, 0.3) is 0 Å². The smallest absolute Gasteiger partial charge is 0.408 e. The monoisotopic (exact) mass is 340 g/mol. The molecule has 1 aliphatic rings. The van der Waals surface area contributed by atoms with E-state index in [1.807, 2.05) is 0 Å². The van der Waals surface area contributed by atoms with Crippen LogP contribution in [0.5, 0.6) is 0 Å². The number of rotatable bonds is 4. The summed E-state index contributed by atoms with van der Waals surface area (Å²) in [6, 6.07) is 3.29. The Hall–Kier alpha value is -1.63. The number of carboxylic acid groups (broad SMARTS) is 1. The minimum absolute atomic E-state index is 0.00789. The number of amides is 1. The van der Waals surface area contributed by atoms with Gasteiger partial charge in [-0.1, -0.05) is 18.9 Å². The minimum atomic E-state index is -3.52. The Morgan fingerprint density at radius 1 is 1.35 bits per heavy atom. The van der Waals surface area contributed by atoms with Crippen molar-refractivity contribution in [3.05, 3.63) is 23.9 Å². The summed E-state index contributed by atoms with van der Waals surface area (Å²) < 4.78 is 25.7. The molecule has 0 aliphatic heterocycles. The Kier molecular flexibility index (Phi) is 4.98. The average Bonchev–Trinajstić information content (AvgIpc) is 2.98. The van der Waals surface area contributed by atoms with Crippen LogP contribution in [0, 0.1) is 0 Å². The zero-order valence-electron chi connectivity index (χ0n) is 13.8. The van der Waals surface area contributed by atoms with Gasteiger partial charge in [0.15, 0.2) is 14.9 Å². The van der Waals surface area contributed by atoms with Crippen molar-refractivity contribution in [2.24, 2.45) is 0 Å². The van der Waals surface area contributed by atoms with E-state index in [1.54, 1.807) is 32.9 Å². The largest absolute Gasteiger partial charge is 0.465 e. The first-order valence-electron chi connectivity index (χ1n) is 7.82. The average molecular weight is 340 g/mol. The molecule has 2 rings (SSSR count). The Bertz CT molecular complexity index is 674. The summed E-state index contributed by atoms with van der Waals surface area (Å²) in [6.07, 6.45) is 3.50. The van der Waals surface area contributed by atoms with E-state index in [4.69, 9.17) is 0 Å². The van der Waals surface area contributed by atoms with Crippen LogP contribution in [0.1, 0.15) is 52.0 Å². The quantitative estimate of drug-likeness (QED) is 0.910. The summed E-state index contributed by atoms with van der Waals surface area (Å²) in [5, 5.41) is 9.06. The highest BCUT2D eigenvalue weighted by molar-refractivity contribution is 7.92. The third kappa shape index (κ3) is 3.83. The molecule has 1 N–H and O–H groups in total. The third-order valence-corrected chi connectivity index (χ3v) is 6.49. The standard InChI is InChI=1S/C16H24N2O4S/c1-16(2,3)18(15(19)20)11-12-7-6-10-17-14(12)23(21,22)13-8-4-5-9-13/h6-7,10,13H,4-5,8-9,11H2,1-3H3,(H,19,20). The van der Waals surface area contributed by atoms with Gasteiger partial charge in [0, 0.05) is 17.3 Å². The fourth-order valence-corrected chi connectivity index (χ4v) is 4.89. The number of aromatic nitrogens is 1. The van der Waals surface area contributed by atoms with Gasteiger partial charge in [-0.25, -0.2) is 18.2 Å². The van der Waals surface area contributed by atoms with Crippen LogP contribution in [0.3, 0.4) is 0 Å². The van der Waals surface area contributed by atoms with Gasteiger partial charge < -0.3 is 5.11 Å². The number of hydrogen-bond acceptors (Lipinski definition) is 4. The highest BCUT2D eigenvalue weighted by Crippen LogP contribution is 2.31. The molecule has 1 aromatic heterocycles. The lowest BCUT2D eigenvalue weighted by molar-refractivity contribution is 0.0948. The first kappa shape index (κ1) is 17.7. The summed E-state index contributed by atoms with van der Waals surface area (Å²) in [4.78, 5) is 16.8. The van der Waals surface area contributed by atoms with Gasteiger partial charge in [0.1, 0.15) is 0 Å². The van der Waals surface area contributed by atoms with E-state index in [0.29, 0.717) is 18.4 Å². The second kappa shape index (κ2) is 6.47. The van der Waals surface area contributed by atoms with E-state index in [-0.39, 0.29) is 11.6 Å². The van der Waals surface area contributed by atoms with Gasteiger partial charge in [-0.2, -0.15) is 0 Å². The van der Waals surface area contributed by atoms with Gasteiger partial charge >= 0.3 is 6.09 Å². The fourth-order valence-electron chi connectivity index (χ4n) is 2.92. The predicted octanol–water partition coefficient (Wildman–Crippen LogP) is 3.08. The van der Waals surface area contributed by atoms with E-state index in [0.717, 1.165) is 12.8 Å². The van der Waals surface area contributed by atoms with Crippen molar-refractivity contribution in [1.29, 1.82) is 0 Å². The third-order valence-electron chi connectivity index (χ3n) is 4.23. The molecule has 128 valence electrons. The molecule has 1 aliphatic carbocycles. The van der Waals surface area contributed by atoms with Crippen molar-refractivity contribution in [3.8, 4) is 0 Å². The highest BCUT2D eigenvalue weighted by Gasteiger charge is 2.34. The highest BCUT2D eigenvalue weighted by atomic mass is 32.2. The van der Waals surface area contributed by atoms with Crippen LogP contribution < -0.4 is 0 Å². The van der Waals surface area contributed by atoms with Crippen molar-refractivity contribution >= 4 is 15.9 Å². The van der Waals surface area contributed by atoms with E-state index >= 15 is 0 Å². The maximum atomic E-state index is 12.8. The van der Waals surface area contributed by atoms with Crippen LogP contribution in [-0.4, -0.2) is 40.3 Å². The Labute approximate surface area is 137 Å². The normalized spacial score (nSPS) is 16.5. The SMILES string of the molecule is CC(C)(C)N(Cc1cccnc1S(=O)(=O)C1CCCC1)C(=O)O. The summed E-state index contributed by atoms with van der Waals surface area (Å²) in [6.45, 7) is 5.35. The molecule has 0 atom stereocenters. The lowest BCUT2D eigenvalue weighted by Gasteiger charge is -2.33. The molecule has 23 heavy (non-hydrogen) atoms. The molecular weight excluding hydrogens is 316 g/mol. The topological polar surface area (TPSA) is 87.6 Å². The van der Waals surface area contributed by atoms with Crippen LogP contribution in [0.4, 0.5) is 4.79 Å². The zero-order valence-corrected chi connectivity index (χ0v) is 14.6. The van der Waals surface area contributed by atoms with Crippen molar-refractivity contribution in [2.45, 2.75) is 68.8 Å². The molecule has 0 unspecified atom stereocenters. The predicted molar refractivity (Wildman–Crippen MR) is 87.0 cm³/mol. The molecule has 0 radical (unpaired) electrons. The fraction of sp³-hybridized carbons (Fsp3) is 0.625. The lowest BCUT2D eigenvalue weighted by Crippen LogP contribution is -2.44. The molecule has 0 aromatic carbocycles. The Morgan fingerprint density at radius 3 is 2.48 bits per heavy atom. The molecule has 0 spiro atoms. The summed E-state index contributed by atoms with van der Waals surface area (Å²) in [7, 11) is -3.52. The summed E-state index contributed by atoms with van der Waals surface area (Å²) >= 11 is 0. The first-order valence-corrected chi connectivity index (χ1v) is 9.37. The van der Waals surface area contributed by atoms with Gasteiger partial charge in [0.05, 0.1) is 11.8 Å². The van der Waals surface area contributed by atoms with Crippen molar-refractivity contribution in [3.63, 3.8) is 0 Å². The van der Waals surface area contributed by atoms with E-state index in [2.05, 4.69) is 4.98 Å². The molecule has 0 saturated heterocycles. The number of carbonyl (C=O) groups is 1. The number of hydrogen-bond donors (Lipinski definition) is 1. The van der Waals surface area contributed by atoms with Crippen LogP contribution >= 0.6 is 0 Å². The van der Waals surface area contributed by atoms with Crippen molar-refractivity contribution < 1.29 is 18.3 Å². The number of pyridine rings is 1. The second-order valence-electron chi connectivity index (χ2n) is 6.96. The zero-order chi connectivity index (χ0) is 17.3. The molecule has 1 saturated carbocycles. The van der Waals surface area contributed by atoms with Gasteiger partial charge in [-0.15, -0.1) is 0 Å². The van der Waals surface area contributed by atoms with E-state index in [9.17, 15) is 18.3 Å². The first-order chi connectivity index (χ1) is 10.6. The molecular formula is C16H24N2O4S. The van der Waals surface area contributed by atoms with Gasteiger partial charge in [-0.05, 0) is 39.7 Å². The van der Waals surface area contributed by atoms with E-state index in [1.165, 1.54) is 11.1 Å². The maximum absolute atomic E-state index is 12.8. The summed E-state index contributed by atoms with van der Waals surface area (Å²) in [5.41, 5.74) is -0.187. The van der Waals surface area contributed by atoms with Gasteiger partial charge in [0.25, 0.3) is 0 Å². The minimum Gasteiger partial charge on any atom is -0.465 e. The Morgan fingerprint density at radius 2 is 1.96 bits per heavy atom. The molecule has 0 bridgehead atoms. The van der Waals surface area contributed by atoms with Crippen LogP contribution in [0.15, 0.2) is 23.4 Å². The number of nitrogens with zero attached hydrogens (tertiary/aromatic N) is 2. The molecule has 1 heterocycles. The molecule has 1 fully saturated rings. The lowest BCUT2D eigenvalue weighted by atomic mass is 10.1. The maximum Gasteiger partial charge on any atom is 0.408 e. The molecule has 1 amide bonds. The van der Waals surface area contributed by atoms with E-state index < -0.39 is 26.7 Å². The molecule has 1 aromatic rings. The van der Waals surface area contributed by atoms with Gasteiger partial charge in [-0.3, -0.25) is 4.90 Å². The molecule has 6 nitrogen and oxygen atoms in total. The van der Waals surface area contributed by atoms with Gasteiger partial charge in [0.2, 0.25) is 0 Å². The molecule has 7 heteroatoms. The van der Waals surface area contributed by atoms with Crippen molar-refractivity contribution in [2.75, 3.05) is 0 Å². The summed E-state index contributed by atoms with van der Waals surface area (Å²) in [5.74, 6) is 0. The van der Waals surface area contributed by atoms with Crippen LogP contribution in [0.2, 0.25) is 0 Å². The second-order valence-corrected chi connectivity index (χ2v) is 9.10. The number of sulfone groups is 1.